The maximum absolute atomic E-state index is 12.1. The molecule has 0 spiro atoms. The van der Waals surface area contributed by atoms with Crippen LogP contribution in [-0.2, 0) is 11.3 Å². The van der Waals surface area contributed by atoms with E-state index in [0.717, 1.165) is 0 Å². The minimum Gasteiger partial charge on any atom is -0.445 e. The van der Waals surface area contributed by atoms with Gasteiger partial charge in [0.2, 0.25) is 24.2 Å². The van der Waals surface area contributed by atoms with E-state index in [1.165, 1.54) is 12.4 Å². The third-order valence-corrected chi connectivity index (χ3v) is 2.66. The highest BCUT2D eigenvalue weighted by atomic mass is 16.5. The molecule has 2 aromatic rings. The van der Waals surface area contributed by atoms with Crippen LogP contribution >= 0.6 is 0 Å². The third-order valence-electron chi connectivity index (χ3n) is 2.66. The van der Waals surface area contributed by atoms with E-state index in [2.05, 4.69) is 9.72 Å². The van der Waals surface area contributed by atoms with Crippen LogP contribution in [0.25, 0.3) is 0 Å². The smallest absolute Gasteiger partial charge is 0.364 e. The van der Waals surface area contributed by atoms with Crippen LogP contribution in [0.4, 0.5) is 0 Å². The lowest BCUT2D eigenvalue weighted by molar-refractivity contribution is -0.683. The van der Waals surface area contributed by atoms with Gasteiger partial charge in [0, 0.05) is 5.56 Å². The van der Waals surface area contributed by atoms with E-state index < -0.39 is 5.97 Å². The van der Waals surface area contributed by atoms with Crippen molar-refractivity contribution in [1.82, 2.24) is 4.98 Å². The largest absolute Gasteiger partial charge is 0.445 e. The summed E-state index contributed by atoms with van der Waals surface area (Å²) in [6.45, 7) is -0.247. The number of Topliss-reactive ketones (excluding diaryl/α,β-unsaturated/α-hetero) is 1. The number of hydrogen-bond acceptors (Lipinski definition) is 5. The van der Waals surface area contributed by atoms with Crippen molar-refractivity contribution in [3.63, 3.8) is 0 Å². The first-order valence-electron chi connectivity index (χ1n) is 6.18. The van der Waals surface area contributed by atoms with E-state index in [4.69, 9.17) is 5.26 Å². The van der Waals surface area contributed by atoms with Gasteiger partial charge < -0.3 is 4.74 Å². The molecule has 6 nitrogen and oxygen atoms in total. The fraction of sp³-hybridized carbons (Fsp3) is 0.133. The number of rotatable bonds is 5. The average Bonchev–Trinajstić information content (AvgIpc) is 2.53. The van der Waals surface area contributed by atoms with Gasteiger partial charge in [-0.2, -0.15) is 9.83 Å². The van der Waals surface area contributed by atoms with E-state index in [9.17, 15) is 9.59 Å². The van der Waals surface area contributed by atoms with Gasteiger partial charge in [0.15, 0.2) is 12.8 Å². The van der Waals surface area contributed by atoms with Crippen LogP contribution < -0.4 is 4.57 Å². The summed E-state index contributed by atoms with van der Waals surface area (Å²) in [7, 11) is 0. The molecule has 0 unspecified atom stereocenters. The molecule has 1 aromatic carbocycles. The van der Waals surface area contributed by atoms with Crippen molar-refractivity contribution >= 4 is 11.8 Å². The Balaban J connectivity index is 2.10. The number of nitriles is 1. The SMILES string of the molecule is N#CCOC(=O)c1c[n+](CC(=O)c2ccccc2)ccn1. The number of ether oxygens (including phenoxy) is 1. The quantitative estimate of drug-likeness (QED) is 0.463. The zero-order valence-electron chi connectivity index (χ0n) is 11.1. The second kappa shape index (κ2) is 6.91. The molecule has 0 bridgehead atoms. The summed E-state index contributed by atoms with van der Waals surface area (Å²) in [4.78, 5) is 27.5. The molecule has 2 rings (SSSR count). The zero-order valence-corrected chi connectivity index (χ0v) is 11.1. The zero-order chi connectivity index (χ0) is 15.1. The van der Waals surface area contributed by atoms with Crippen LogP contribution in [0.3, 0.4) is 0 Å². The van der Waals surface area contributed by atoms with Crippen LogP contribution in [0.5, 0.6) is 0 Å². The van der Waals surface area contributed by atoms with Gasteiger partial charge in [-0.3, -0.25) is 4.79 Å². The maximum atomic E-state index is 12.1. The Morgan fingerprint density at radius 1 is 1.29 bits per heavy atom. The van der Waals surface area contributed by atoms with Crippen molar-refractivity contribution in [2.75, 3.05) is 6.61 Å². The summed E-state index contributed by atoms with van der Waals surface area (Å²) in [6.07, 6.45) is 4.41. The van der Waals surface area contributed by atoms with Crippen molar-refractivity contribution in [3.05, 3.63) is 60.2 Å². The number of carbonyl (C=O) groups excluding carboxylic acids is 2. The molecule has 21 heavy (non-hydrogen) atoms. The highest BCUT2D eigenvalue weighted by Gasteiger charge is 2.16. The molecule has 0 amide bonds. The van der Waals surface area contributed by atoms with E-state index in [-0.39, 0.29) is 24.6 Å². The highest BCUT2D eigenvalue weighted by molar-refractivity contribution is 5.95. The van der Waals surface area contributed by atoms with Gasteiger partial charge in [-0.15, -0.1) is 0 Å². The monoisotopic (exact) mass is 282 g/mol. The molecule has 0 N–H and O–H groups in total. The Morgan fingerprint density at radius 3 is 2.76 bits per heavy atom. The average molecular weight is 282 g/mol. The number of ketones is 1. The number of esters is 1. The van der Waals surface area contributed by atoms with Gasteiger partial charge >= 0.3 is 5.97 Å². The fourth-order valence-corrected chi connectivity index (χ4v) is 1.69. The summed E-state index contributed by atoms with van der Waals surface area (Å²) in [5.74, 6) is -0.777. The van der Waals surface area contributed by atoms with E-state index >= 15 is 0 Å². The van der Waals surface area contributed by atoms with Crippen molar-refractivity contribution in [2.24, 2.45) is 0 Å². The second-order valence-corrected chi connectivity index (χ2v) is 4.14. The molecule has 6 heteroatoms. The number of hydrogen-bond donors (Lipinski definition) is 0. The Hall–Kier alpha value is -3.07. The molecule has 104 valence electrons. The van der Waals surface area contributed by atoms with E-state index in [1.807, 2.05) is 6.07 Å². The first kappa shape index (κ1) is 14.3. The summed E-state index contributed by atoms with van der Waals surface area (Å²) in [6, 6.07) is 10.6. The van der Waals surface area contributed by atoms with E-state index in [0.29, 0.717) is 5.56 Å². The summed E-state index contributed by atoms with van der Waals surface area (Å²) in [5.41, 5.74) is 0.643. The molecule has 1 heterocycles. The Kier molecular flexibility index (Phi) is 4.72. The van der Waals surface area contributed by atoms with Crippen LogP contribution in [0.1, 0.15) is 20.8 Å². The number of benzene rings is 1. The summed E-state index contributed by atoms with van der Waals surface area (Å²) in [5, 5.41) is 8.36. The van der Waals surface area contributed by atoms with Crippen molar-refractivity contribution in [2.45, 2.75) is 6.54 Å². The van der Waals surface area contributed by atoms with Crippen molar-refractivity contribution < 1.29 is 18.9 Å². The number of aromatic nitrogens is 2. The van der Waals surface area contributed by atoms with Crippen LogP contribution in [0, 0.1) is 11.3 Å². The van der Waals surface area contributed by atoms with Gasteiger partial charge in [-0.05, 0) is 0 Å². The van der Waals surface area contributed by atoms with Crippen molar-refractivity contribution in [1.29, 1.82) is 5.26 Å². The minimum atomic E-state index is -0.696. The normalized spacial score (nSPS) is 9.67. The molecule has 0 saturated heterocycles. The van der Waals surface area contributed by atoms with E-state index in [1.54, 1.807) is 41.1 Å². The Morgan fingerprint density at radius 2 is 2.05 bits per heavy atom. The molecule has 0 aliphatic rings. The van der Waals surface area contributed by atoms with Gasteiger partial charge in [0.05, 0.1) is 6.20 Å². The second-order valence-electron chi connectivity index (χ2n) is 4.14. The predicted octanol–water partition coefficient (Wildman–Crippen LogP) is 0.932. The predicted molar refractivity (Wildman–Crippen MR) is 71.1 cm³/mol. The standard InChI is InChI=1S/C15H12N3O3/c16-6-9-21-15(20)13-10-18(8-7-17-13)11-14(19)12-4-2-1-3-5-12/h1-5,7-8,10H,9,11H2/q+1. The molecule has 0 atom stereocenters. The van der Waals surface area contributed by atoms with Crippen LogP contribution in [0.15, 0.2) is 48.9 Å². The minimum absolute atomic E-state index is 0.0496. The molecule has 0 aliphatic carbocycles. The topological polar surface area (TPSA) is 83.9 Å². The third kappa shape index (κ3) is 3.94. The lowest BCUT2D eigenvalue weighted by Crippen LogP contribution is -2.38. The summed E-state index contributed by atoms with van der Waals surface area (Å²) < 4.78 is 6.21. The number of carbonyl (C=O) groups is 2. The first-order chi connectivity index (χ1) is 10.2. The maximum Gasteiger partial charge on any atom is 0.364 e. The lowest BCUT2D eigenvalue weighted by atomic mass is 10.1. The van der Waals surface area contributed by atoms with Crippen molar-refractivity contribution in [3.8, 4) is 6.07 Å². The fourth-order valence-electron chi connectivity index (χ4n) is 1.69. The van der Waals surface area contributed by atoms with Gasteiger partial charge in [-0.25, -0.2) is 9.78 Å². The lowest BCUT2D eigenvalue weighted by Gasteiger charge is -2.00. The molecule has 0 saturated carbocycles. The van der Waals surface area contributed by atoms with Gasteiger partial charge in [0.1, 0.15) is 6.07 Å². The first-order valence-corrected chi connectivity index (χ1v) is 6.18. The van der Waals surface area contributed by atoms with Gasteiger partial charge in [0.25, 0.3) is 0 Å². The number of nitrogens with zero attached hydrogens (tertiary/aromatic N) is 3. The highest BCUT2D eigenvalue weighted by Crippen LogP contribution is 2.00. The van der Waals surface area contributed by atoms with Gasteiger partial charge in [-0.1, -0.05) is 30.3 Å². The molecule has 0 aliphatic heterocycles. The molecule has 1 aromatic heterocycles. The molecular formula is C15H12N3O3+. The molecular weight excluding hydrogens is 270 g/mol. The Labute approximate surface area is 121 Å². The van der Waals surface area contributed by atoms with Crippen LogP contribution in [-0.4, -0.2) is 23.3 Å². The molecule has 0 fully saturated rings. The summed E-state index contributed by atoms with van der Waals surface area (Å²) >= 11 is 0. The molecule has 0 radical (unpaired) electrons. The Bertz CT molecular complexity index is 693. The van der Waals surface area contributed by atoms with Crippen LogP contribution in [0.2, 0.25) is 0 Å².